The maximum atomic E-state index is 15.9. The van der Waals surface area contributed by atoms with Crippen LogP contribution in [0, 0.1) is 5.92 Å². The molecule has 1 fully saturated rings. The Morgan fingerprint density at radius 1 is 1.17 bits per heavy atom. The highest BCUT2D eigenvalue weighted by Gasteiger charge is 2.56. The zero-order valence-corrected chi connectivity index (χ0v) is 15.4. The van der Waals surface area contributed by atoms with Crippen molar-refractivity contribution in [3.8, 4) is 0 Å². The molecule has 0 radical (unpaired) electrons. The van der Waals surface area contributed by atoms with E-state index in [2.05, 4.69) is 40.6 Å². The van der Waals surface area contributed by atoms with Gasteiger partial charge in [-0.15, -0.1) is 0 Å². The Kier molecular flexibility index (Phi) is 4.14. The minimum absolute atomic E-state index is 0.0997. The molecule has 0 spiro atoms. The molecule has 0 N–H and O–H groups in total. The first-order valence-electron chi connectivity index (χ1n) is 8.70. The van der Waals surface area contributed by atoms with E-state index in [0.717, 1.165) is 29.3 Å². The number of benzene rings is 1. The number of fused-ring (bicyclic) bond motifs is 3. The molecule has 2 aliphatic heterocycles. The number of para-hydroxylation sites is 1. The first kappa shape index (κ1) is 16.9. The van der Waals surface area contributed by atoms with Crippen molar-refractivity contribution >= 4 is 17.4 Å². The van der Waals surface area contributed by atoms with E-state index in [4.69, 9.17) is 0 Å². The summed E-state index contributed by atoms with van der Waals surface area (Å²) >= 11 is 0. The molecule has 2 aliphatic rings. The maximum Gasteiger partial charge on any atom is 0.173 e. The van der Waals surface area contributed by atoms with Crippen LogP contribution in [0.15, 0.2) is 34.3 Å². The van der Waals surface area contributed by atoms with Gasteiger partial charge in [-0.3, -0.25) is 9.98 Å². The molecule has 1 aromatic carbocycles. The Balaban J connectivity index is 2.31. The summed E-state index contributed by atoms with van der Waals surface area (Å²) in [6, 6.07) is 7.99. The van der Waals surface area contributed by atoms with Crippen molar-refractivity contribution in [2.24, 2.45) is 15.9 Å². The van der Waals surface area contributed by atoms with E-state index in [0.29, 0.717) is 0 Å². The van der Waals surface area contributed by atoms with Crippen LogP contribution in [0.1, 0.15) is 39.7 Å². The molecular formula is C19H27FN4. The fraction of sp³-hybridized carbons (Fsp3) is 0.579. The summed E-state index contributed by atoms with van der Waals surface area (Å²) in [5.74, 6) is 1.52. The molecule has 0 aliphatic carbocycles. The second-order valence-electron chi connectivity index (χ2n) is 6.99. The van der Waals surface area contributed by atoms with Crippen molar-refractivity contribution in [1.82, 2.24) is 4.90 Å². The van der Waals surface area contributed by atoms with Gasteiger partial charge in [0.15, 0.2) is 11.7 Å². The van der Waals surface area contributed by atoms with E-state index >= 15 is 4.39 Å². The molecule has 0 aromatic heterocycles. The highest BCUT2D eigenvalue weighted by atomic mass is 19.1. The van der Waals surface area contributed by atoms with E-state index in [-0.39, 0.29) is 18.1 Å². The fourth-order valence-electron chi connectivity index (χ4n) is 4.37. The Hall–Kier alpha value is -1.91. The van der Waals surface area contributed by atoms with Crippen molar-refractivity contribution in [3.05, 3.63) is 29.8 Å². The van der Waals surface area contributed by atoms with Crippen LogP contribution in [0.3, 0.4) is 0 Å². The van der Waals surface area contributed by atoms with Crippen LogP contribution in [0.2, 0.25) is 0 Å². The lowest BCUT2D eigenvalue weighted by molar-refractivity contribution is 0.0329. The van der Waals surface area contributed by atoms with Gasteiger partial charge in [-0.25, -0.2) is 4.39 Å². The third-order valence-corrected chi connectivity index (χ3v) is 5.39. The van der Waals surface area contributed by atoms with Gasteiger partial charge in [0.05, 0.1) is 5.69 Å². The molecule has 24 heavy (non-hydrogen) atoms. The highest BCUT2D eigenvalue weighted by molar-refractivity contribution is 6.47. The van der Waals surface area contributed by atoms with E-state index in [9.17, 15) is 0 Å². The van der Waals surface area contributed by atoms with Crippen molar-refractivity contribution in [2.45, 2.75) is 52.0 Å². The van der Waals surface area contributed by atoms with Crippen LogP contribution >= 0.6 is 0 Å². The molecule has 130 valence electrons. The normalized spacial score (nSPS) is 32.7. The molecule has 3 unspecified atom stereocenters. The quantitative estimate of drug-likeness (QED) is 0.825. The van der Waals surface area contributed by atoms with E-state index in [1.807, 2.05) is 24.3 Å². The van der Waals surface area contributed by atoms with Gasteiger partial charge in [0.2, 0.25) is 0 Å². The van der Waals surface area contributed by atoms with E-state index in [1.54, 1.807) is 21.0 Å². The largest absolute Gasteiger partial charge is 0.330 e. The van der Waals surface area contributed by atoms with Crippen LogP contribution in [0.25, 0.3) is 0 Å². The smallest absolute Gasteiger partial charge is 0.173 e. The summed E-state index contributed by atoms with van der Waals surface area (Å²) in [7, 11) is 3.57. The topological polar surface area (TPSA) is 31.2 Å². The lowest BCUT2D eigenvalue weighted by Crippen LogP contribution is -2.56. The number of hydrogen-bond donors (Lipinski definition) is 0. The van der Waals surface area contributed by atoms with Crippen molar-refractivity contribution in [1.29, 1.82) is 0 Å². The van der Waals surface area contributed by atoms with Crippen molar-refractivity contribution in [3.63, 3.8) is 0 Å². The van der Waals surface area contributed by atoms with Gasteiger partial charge in [0.1, 0.15) is 11.8 Å². The van der Waals surface area contributed by atoms with Gasteiger partial charge in [-0.05, 0) is 33.3 Å². The lowest BCUT2D eigenvalue weighted by Gasteiger charge is -2.48. The number of anilines is 1. The molecule has 0 saturated carbocycles. The number of hydrogen-bond acceptors (Lipinski definition) is 2. The van der Waals surface area contributed by atoms with Gasteiger partial charge in [-0.1, -0.05) is 25.1 Å². The summed E-state index contributed by atoms with van der Waals surface area (Å²) in [6.45, 7) is 8.05. The van der Waals surface area contributed by atoms with E-state index < -0.39 is 5.67 Å². The molecule has 3 atom stereocenters. The Morgan fingerprint density at radius 2 is 1.79 bits per heavy atom. The van der Waals surface area contributed by atoms with Crippen LogP contribution in [0.5, 0.6) is 0 Å². The van der Waals surface area contributed by atoms with Crippen molar-refractivity contribution in [2.75, 3.05) is 19.0 Å². The minimum Gasteiger partial charge on any atom is -0.330 e. The molecule has 0 amide bonds. The first-order chi connectivity index (χ1) is 11.4. The average Bonchev–Trinajstić information content (AvgIpc) is 2.89. The maximum absolute atomic E-state index is 15.9. The van der Waals surface area contributed by atoms with Gasteiger partial charge >= 0.3 is 0 Å². The Labute approximate surface area is 144 Å². The Morgan fingerprint density at radius 3 is 2.33 bits per heavy atom. The number of aliphatic imine (C=N–C) groups is 2. The standard InChI is InChI=1S/C19H27FN4/c1-7-13-18-23(12(2)3)16(21-5)17(22-6)24(18)15-11-9-8-10-14(15)19(13,4)20/h8-13,18H,7H2,1-6H3/b21-16+,22-17+. The van der Waals surface area contributed by atoms with Gasteiger partial charge in [0, 0.05) is 31.6 Å². The third kappa shape index (κ3) is 2.10. The van der Waals surface area contributed by atoms with Crippen LogP contribution in [-0.4, -0.2) is 42.9 Å². The molecule has 3 rings (SSSR count). The third-order valence-electron chi connectivity index (χ3n) is 5.39. The fourth-order valence-corrected chi connectivity index (χ4v) is 4.37. The minimum atomic E-state index is -1.39. The number of rotatable bonds is 2. The van der Waals surface area contributed by atoms with Crippen LogP contribution in [0.4, 0.5) is 10.1 Å². The molecule has 1 saturated heterocycles. The molecule has 4 nitrogen and oxygen atoms in total. The summed E-state index contributed by atoms with van der Waals surface area (Å²) < 4.78 is 15.9. The average molecular weight is 330 g/mol. The number of amidine groups is 2. The Bertz CT molecular complexity index is 692. The zero-order chi connectivity index (χ0) is 17.6. The summed E-state index contributed by atoms with van der Waals surface area (Å²) in [6.07, 6.45) is 0.650. The monoisotopic (exact) mass is 330 g/mol. The zero-order valence-electron chi connectivity index (χ0n) is 15.4. The van der Waals surface area contributed by atoms with Crippen molar-refractivity contribution < 1.29 is 4.39 Å². The second-order valence-corrected chi connectivity index (χ2v) is 6.99. The van der Waals surface area contributed by atoms with Crippen LogP contribution in [-0.2, 0) is 5.67 Å². The molecular weight excluding hydrogens is 303 g/mol. The number of nitrogens with zero attached hydrogens (tertiary/aromatic N) is 4. The molecule has 1 aromatic rings. The summed E-state index contributed by atoms with van der Waals surface area (Å²) in [5, 5.41) is 0. The predicted molar refractivity (Wildman–Crippen MR) is 98.6 cm³/mol. The van der Waals surface area contributed by atoms with Gasteiger partial charge < -0.3 is 9.80 Å². The number of alkyl halides is 1. The van der Waals surface area contributed by atoms with Gasteiger partial charge in [-0.2, -0.15) is 0 Å². The molecule has 2 heterocycles. The summed E-state index contributed by atoms with van der Waals surface area (Å²) in [5.41, 5.74) is 0.263. The predicted octanol–water partition coefficient (Wildman–Crippen LogP) is 3.82. The van der Waals surface area contributed by atoms with Gasteiger partial charge in [0.25, 0.3) is 0 Å². The molecule has 5 heteroatoms. The second kappa shape index (κ2) is 5.87. The highest BCUT2D eigenvalue weighted by Crippen LogP contribution is 2.51. The summed E-state index contributed by atoms with van der Waals surface area (Å²) in [4.78, 5) is 13.4. The van der Waals surface area contributed by atoms with Crippen LogP contribution < -0.4 is 4.90 Å². The first-order valence-corrected chi connectivity index (χ1v) is 8.70. The molecule has 0 bridgehead atoms. The SMILES string of the molecule is CCC1C2N(C(=N/C)/C(=N\C)N2C(C)C)c2ccccc2C1(C)F. The lowest BCUT2D eigenvalue weighted by atomic mass is 9.76. The van der Waals surface area contributed by atoms with E-state index in [1.165, 1.54) is 0 Å². The number of halogens is 1.